The number of alkyl halides is 2. The van der Waals surface area contributed by atoms with Crippen LogP contribution in [0.3, 0.4) is 0 Å². The second kappa shape index (κ2) is 6.72. The van der Waals surface area contributed by atoms with Crippen LogP contribution in [0.5, 0.6) is 0 Å². The Morgan fingerprint density at radius 2 is 2.06 bits per heavy atom. The summed E-state index contributed by atoms with van der Waals surface area (Å²) in [5, 5.41) is 11.3. The van der Waals surface area contributed by atoms with Gasteiger partial charge in [0.25, 0.3) is 6.43 Å². The molecule has 1 fully saturated rings. The molecule has 1 atom stereocenters. The van der Waals surface area contributed by atoms with Gasteiger partial charge in [0.15, 0.2) is 0 Å². The van der Waals surface area contributed by atoms with Crippen LogP contribution in [-0.4, -0.2) is 67.8 Å². The Kier molecular flexibility index (Phi) is 5.58. The monoisotopic (exact) mass is 238 g/mol. The molecule has 0 aromatic heterocycles. The molecule has 2 N–H and O–H groups in total. The standard InChI is InChI=1S/C9H16F2N2O3/c10-9(11)7(14)5-12-6-8(15)13-1-3-16-4-2-13/h7,9,12,14H,1-6H2. The highest BCUT2D eigenvalue weighted by atomic mass is 19.3. The fraction of sp³-hybridized carbons (Fsp3) is 0.889. The molecule has 94 valence electrons. The third-order valence-electron chi connectivity index (χ3n) is 2.28. The molecule has 0 spiro atoms. The van der Waals surface area contributed by atoms with Crippen molar-refractivity contribution in [3.8, 4) is 0 Å². The highest BCUT2D eigenvalue weighted by Crippen LogP contribution is 1.99. The Hall–Kier alpha value is -0.790. The number of amides is 1. The summed E-state index contributed by atoms with van der Waals surface area (Å²) < 4.78 is 28.9. The normalized spacial score (nSPS) is 18.9. The Balaban J connectivity index is 2.14. The largest absolute Gasteiger partial charge is 0.386 e. The average Bonchev–Trinajstić information content (AvgIpc) is 2.29. The van der Waals surface area contributed by atoms with Crippen molar-refractivity contribution in [1.29, 1.82) is 0 Å². The van der Waals surface area contributed by atoms with Gasteiger partial charge in [-0.15, -0.1) is 0 Å². The second-order valence-electron chi connectivity index (χ2n) is 3.53. The molecule has 1 rings (SSSR count). The van der Waals surface area contributed by atoms with Crippen LogP contribution < -0.4 is 5.32 Å². The first-order valence-corrected chi connectivity index (χ1v) is 5.13. The smallest absolute Gasteiger partial charge is 0.265 e. The lowest BCUT2D eigenvalue weighted by atomic mass is 10.3. The number of carbonyl (C=O) groups excluding carboxylic acids is 1. The predicted octanol–water partition coefficient (Wildman–Crippen LogP) is -0.939. The van der Waals surface area contributed by atoms with Crippen molar-refractivity contribution in [3.05, 3.63) is 0 Å². The summed E-state index contributed by atoms with van der Waals surface area (Å²) in [4.78, 5) is 13.1. The van der Waals surface area contributed by atoms with Crippen molar-refractivity contribution in [2.45, 2.75) is 12.5 Å². The number of hydrogen-bond donors (Lipinski definition) is 2. The molecule has 1 heterocycles. The SMILES string of the molecule is O=C(CNCC(O)C(F)F)N1CCOCC1. The van der Waals surface area contributed by atoms with Crippen LogP contribution >= 0.6 is 0 Å². The molecule has 1 saturated heterocycles. The van der Waals surface area contributed by atoms with Crippen LogP contribution in [-0.2, 0) is 9.53 Å². The molecule has 0 aromatic carbocycles. The van der Waals surface area contributed by atoms with E-state index in [1.807, 2.05) is 0 Å². The molecule has 0 aliphatic carbocycles. The fourth-order valence-corrected chi connectivity index (χ4v) is 1.34. The predicted molar refractivity (Wildman–Crippen MR) is 52.3 cm³/mol. The number of rotatable bonds is 5. The number of halogens is 2. The highest BCUT2D eigenvalue weighted by molar-refractivity contribution is 5.78. The Morgan fingerprint density at radius 1 is 1.44 bits per heavy atom. The zero-order valence-electron chi connectivity index (χ0n) is 8.86. The summed E-state index contributed by atoms with van der Waals surface area (Å²) in [7, 11) is 0. The second-order valence-corrected chi connectivity index (χ2v) is 3.53. The lowest BCUT2D eigenvalue weighted by Crippen LogP contribution is -2.46. The summed E-state index contributed by atoms with van der Waals surface area (Å²) in [6.07, 6.45) is -4.51. The number of aliphatic hydroxyl groups is 1. The zero-order valence-corrected chi connectivity index (χ0v) is 8.86. The van der Waals surface area contributed by atoms with E-state index in [0.29, 0.717) is 26.3 Å². The summed E-state index contributed by atoms with van der Waals surface area (Å²) in [5.74, 6) is -0.162. The van der Waals surface area contributed by atoms with Gasteiger partial charge in [-0.1, -0.05) is 0 Å². The molecule has 0 bridgehead atoms. The molecule has 5 nitrogen and oxygen atoms in total. The van der Waals surface area contributed by atoms with Crippen molar-refractivity contribution in [3.63, 3.8) is 0 Å². The summed E-state index contributed by atoms with van der Waals surface area (Å²) in [6.45, 7) is 1.74. The summed E-state index contributed by atoms with van der Waals surface area (Å²) in [5.41, 5.74) is 0. The molecule has 0 aromatic rings. The Morgan fingerprint density at radius 3 is 2.62 bits per heavy atom. The zero-order chi connectivity index (χ0) is 12.0. The van der Waals surface area contributed by atoms with Crippen LogP contribution in [0.1, 0.15) is 0 Å². The molecule has 1 unspecified atom stereocenters. The van der Waals surface area contributed by atoms with Gasteiger partial charge in [-0.3, -0.25) is 4.79 Å². The van der Waals surface area contributed by atoms with Crippen LogP contribution in [0, 0.1) is 0 Å². The van der Waals surface area contributed by atoms with E-state index in [1.54, 1.807) is 4.90 Å². The highest BCUT2D eigenvalue weighted by Gasteiger charge is 2.19. The number of aliphatic hydroxyl groups excluding tert-OH is 1. The minimum Gasteiger partial charge on any atom is -0.386 e. The minimum absolute atomic E-state index is 0.0379. The fourth-order valence-electron chi connectivity index (χ4n) is 1.34. The maximum absolute atomic E-state index is 11.9. The quantitative estimate of drug-likeness (QED) is 0.649. The van der Waals surface area contributed by atoms with E-state index >= 15 is 0 Å². The van der Waals surface area contributed by atoms with Gasteiger partial charge in [0.2, 0.25) is 5.91 Å². The third-order valence-corrected chi connectivity index (χ3v) is 2.28. The van der Waals surface area contributed by atoms with E-state index in [4.69, 9.17) is 9.84 Å². The number of morpholine rings is 1. The molecule has 0 radical (unpaired) electrons. The number of nitrogens with one attached hydrogen (secondary N) is 1. The third kappa shape index (κ3) is 4.38. The molecule has 1 aliphatic heterocycles. The summed E-state index contributed by atoms with van der Waals surface area (Å²) >= 11 is 0. The molecular formula is C9H16F2N2O3. The molecular weight excluding hydrogens is 222 g/mol. The van der Waals surface area contributed by atoms with Crippen molar-refractivity contribution < 1.29 is 23.4 Å². The maximum Gasteiger partial charge on any atom is 0.265 e. The summed E-state index contributed by atoms with van der Waals surface area (Å²) in [6, 6.07) is 0. The van der Waals surface area contributed by atoms with Crippen LogP contribution in [0.2, 0.25) is 0 Å². The average molecular weight is 238 g/mol. The van der Waals surface area contributed by atoms with Gasteiger partial charge in [0.1, 0.15) is 6.10 Å². The molecule has 1 amide bonds. The van der Waals surface area contributed by atoms with Crippen molar-refractivity contribution in [1.82, 2.24) is 10.2 Å². The van der Waals surface area contributed by atoms with E-state index in [2.05, 4.69) is 5.32 Å². The van der Waals surface area contributed by atoms with Gasteiger partial charge in [-0.2, -0.15) is 0 Å². The van der Waals surface area contributed by atoms with Crippen molar-refractivity contribution in [2.24, 2.45) is 0 Å². The maximum atomic E-state index is 11.9. The van der Waals surface area contributed by atoms with Gasteiger partial charge in [0, 0.05) is 19.6 Å². The van der Waals surface area contributed by atoms with Crippen molar-refractivity contribution >= 4 is 5.91 Å². The van der Waals surface area contributed by atoms with Gasteiger partial charge in [-0.25, -0.2) is 8.78 Å². The Labute approximate surface area is 92.4 Å². The number of nitrogens with zero attached hydrogens (tertiary/aromatic N) is 1. The lowest BCUT2D eigenvalue weighted by molar-refractivity contribution is -0.134. The minimum atomic E-state index is -2.79. The first kappa shape index (κ1) is 13.3. The number of hydrogen-bond acceptors (Lipinski definition) is 4. The van der Waals surface area contributed by atoms with Gasteiger partial charge < -0.3 is 20.1 Å². The Bertz CT molecular complexity index is 223. The lowest BCUT2D eigenvalue weighted by Gasteiger charge is -2.27. The van der Waals surface area contributed by atoms with E-state index in [-0.39, 0.29) is 19.0 Å². The topological polar surface area (TPSA) is 61.8 Å². The van der Waals surface area contributed by atoms with Crippen LogP contribution in [0.25, 0.3) is 0 Å². The van der Waals surface area contributed by atoms with E-state index < -0.39 is 12.5 Å². The number of carbonyl (C=O) groups is 1. The van der Waals surface area contributed by atoms with Crippen LogP contribution in [0.4, 0.5) is 8.78 Å². The van der Waals surface area contributed by atoms with E-state index in [9.17, 15) is 13.6 Å². The van der Waals surface area contributed by atoms with Crippen LogP contribution in [0.15, 0.2) is 0 Å². The van der Waals surface area contributed by atoms with E-state index in [0.717, 1.165) is 0 Å². The first-order chi connectivity index (χ1) is 7.61. The molecule has 7 heteroatoms. The van der Waals surface area contributed by atoms with E-state index in [1.165, 1.54) is 0 Å². The van der Waals surface area contributed by atoms with Crippen molar-refractivity contribution in [2.75, 3.05) is 39.4 Å². The molecule has 0 saturated carbocycles. The van der Waals surface area contributed by atoms with Gasteiger partial charge in [0.05, 0.1) is 19.8 Å². The van der Waals surface area contributed by atoms with Gasteiger partial charge >= 0.3 is 0 Å². The number of ether oxygens (including phenoxy) is 1. The van der Waals surface area contributed by atoms with Gasteiger partial charge in [-0.05, 0) is 0 Å². The molecule has 1 aliphatic rings. The molecule has 16 heavy (non-hydrogen) atoms. The first-order valence-electron chi connectivity index (χ1n) is 5.13.